The summed E-state index contributed by atoms with van der Waals surface area (Å²) in [6.45, 7) is 2.84. The summed E-state index contributed by atoms with van der Waals surface area (Å²) in [5.41, 5.74) is 1.13. The van der Waals surface area contributed by atoms with E-state index in [0.29, 0.717) is 18.3 Å². The minimum atomic E-state index is -0.220. The van der Waals surface area contributed by atoms with E-state index in [1.807, 2.05) is 6.07 Å². The molecule has 0 N–H and O–H groups in total. The fraction of sp³-hybridized carbons (Fsp3) is 0.400. The molecule has 2 heteroatoms. The Labute approximate surface area is 71.2 Å². The number of rotatable bonds is 0. The minimum Gasteiger partial charge on any atom is -0.493 e. The predicted octanol–water partition coefficient (Wildman–Crippen LogP) is 2.71. The molecular weight excluding hydrogens is 155 g/mol. The molecule has 64 valence electrons. The molecule has 1 aliphatic heterocycles. The van der Waals surface area contributed by atoms with Crippen molar-refractivity contribution in [1.29, 1.82) is 0 Å². The zero-order chi connectivity index (χ0) is 8.55. The Bertz CT molecular complexity index is 296. The van der Waals surface area contributed by atoms with E-state index < -0.39 is 0 Å². The molecule has 1 heterocycles. The van der Waals surface area contributed by atoms with Crippen LogP contribution in [0.5, 0.6) is 5.75 Å². The Hall–Kier alpha value is -1.05. The number of hydrogen-bond acceptors (Lipinski definition) is 1. The van der Waals surface area contributed by atoms with E-state index in [1.165, 1.54) is 12.1 Å². The SMILES string of the molecule is C[C@H]1CCOc2cc(F)ccc21. The number of hydrogen-bond donors (Lipinski definition) is 0. The molecule has 0 radical (unpaired) electrons. The van der Waals surface area contributed by atoms with Crippen LogP contribution in [0.15, 0.2) is 18.2 Å². The van der Waals surface area contributed by atoms with Gasteiger partial charge in [0.2, 0.25) is 0 Å². The molecule has 2 rings (SSSR count). The number of ether oxygens (including phenoxy) is 1. The molecule has 0 fully saturated rings. The maximum Gasteiger partial charge on any atom is 0.126 e. The van der Waals surface area contributed by atoms with Gasteiger partial charge in [-0.15, -0.1) is 0 Å². The zero-order valence-corrected chi connectivity index (χ0v) is 7.01. The third kappa shape index (κ3) is 1.17. The summed E-state index contributed by atoms with van der Waals surface area (Å²) in [5.74, 6) is 0.992. The normalized spacial score (nSPS) is 21.3. The van der Waals surface area contributed by atoms with Gasteiger partial charge in [0.1, 0.15) is 11.6 Å². The highest BCUT2D eigenvalue weighted by atomic mass is 19.1. The van der Waals surface area contributed by atoms with E-state index >= 15 is 0 Å². The molecule has 0 amide bonds. The summed E-state index contributed by atoms with van der Waals surface area (Å²) in [6, 6.07) is 4.77. The van der Waals surface area contributed by atoms with E-state index in [9.17, 15) is 4.39 Å². The summed E-state index contributed by atoms with van der Waals surface area (Å²) in [4.78, 5) is 0. The van der Waals surface area contributed by atoms with Crippen LogP contribution in [0.1, 0.15) is 24.8 Å². The van der Waals surface area contributed by atoms with Crippen molar-refractivity contribution >= 4 is 0 Å². The molecule has 0 unspecified atom stereocenters. The van der Waals surface area contributed by atoms with Crippen LogP contribution in [0.2, 0.25) is 0 Å². The number of fused-ring (bicyclic) bond motifs is 1. The molecule has 1 nitrogen and oxygen atoms in total. The summed E-state index contributed by atoms with van der Waals surface area (Å²) in [5, 5.41) is 0. The van der Waals surface area contributed by atoms with Crippen LogP contribution in [0.4, 0.5) is 4.39 Å². The Morgan fingerprint density at radius 2 is 2.33 bits per heavy atom. The number of halogens is 1. The third-order valence-electron chi connectivity index (χ3n) is 2.31. The summed E-state index contributed by atoms with van der Waals surface area (Å²) in [7, 11) is 0. The summed E-state index contributed by atoms with van der Waals surface area (Å²) >= 11 is 0. The van der Waals surface area contributed by atoms with Crippen molar-refractivity contribution in [1.82, 2.24) is 0 Å². The van der Waals surface area contributed by atoms with Crippen molar-refractivity contribution in [2.75, 3.05) is 6.61 Å². The molecule has 0 saturated heterocycles. The molecule has 0 aromatic heterocycles. The maximum atomic E-state index is 12.7. The summed E-state index contributed by atoms with van der Waals surface area (Å²) < 4.78 is 18.1. The van der Waals surface area contributed by atoms with Crippen LogP contribution in [0, 0.1) is 5.82 Å². The van der Waals surface area contributed by atoms with Crippen LogP contribution in [-0.2, 0) is 0 Å². The van der Waals surface area contributed by atoms with E-state index in [-0.39, 0.29) is 5.82 Å². The summed E-state index contributed by atoms with van der Waals surface area (Å²) in [6.07, 6.45) is 1.03. The second-order valence-electron chi connectivity index (χ2n) is 3.22. The monoisotopic (exact) mass is 166 g/mol. The van der Waals surface area contributed by atoms with E-state index in [4.69, 9.17) is 4.74 Å². The molecule has 0 bridgehead atoms. The van der Waals surface area contributed by atoms with Gasteiger partial charge in [-0.2, -0.15) is 0 Å². The van der Waals surface area contributed by atoms with Gasteiger partial charge in [-0.3, -0.25) is 0 Å². The highest BCUT2D eigenvalue weighted by Crippen LogP contribution is 2.33. The lowest BCUT2D eigenvalue weighted by atomic mass is 9.95. The molecule has 1 aromatic rings. The van der Waals surface area contributed by atoms with Crippen molar-refractivity contribution in [3.8, 4) is 5.75 Å². The minimum absolute atomic E-state index is 0.220. The van der Waals surface area contributed by atoms with Gasteiger partial charge in [0.25, 0.3) is 0 Å². The van der Waals surface area contributed by atoms with Crippen LogP contribution in [0.3, 0.4) is 0 Å². The first-order valence-corrected chi connectivity index (χ1v) is 4.19. The molecule has 12 heavy (non-hydrogen) atoms. The molecule has 1 aromatic carbocycles. The largest absolute Gasteiger partial charge is 0.493 e. The van der Waals surface area contributed by atoms with Crippen molar-refractivity contribution < 1.29 is 9.13 Å². The van der Waals surface area contributed by atoms with Crippen molar-refractivity contribution in [2.24, 2.45) is 0 Å². The predicted molar refractivity (Wildman–Crippen MR) is 44.9 cm³/mol. The van der Waals surface area contributed by atoms with E-state index in [1.54, 1.807) is 0 Å². The molecule has 0 saturated carbocycles. The lowest BCUT2D eigenvalue weighted by molar-refractivity contribution is 0.271. The first-order chi connectivity index (χ1) is 5.77. The smallest absolute Gasteiger partial charge is 0.126 e. The van der Waals surface area contributed by atoms with Gasteiger partial charge in [0, 0.05) is 6.07 Å². The average molecular weight is 166 g/mol. The van der Waals surface area contributed by atoms with Crippen LogP contribution in [-0.4, -0.2) is 6.61 Å². The lowest BCUT2D eigenvalue weighted by Crippen LogP contribution is -2.11. The Morgan fingerprint density at radius 1 is 1.50 bits per heavy atom. The molecule has 0 aliphatic carbocycles. The van der Waals surface area contributed by atoms with E-state index in [2.05, 4.69) is 6.92 Å². The first-order valence-electron chi connectivity index (χ1n) is 4.19. The van der Waals surface area contributed by atoms with Crippen molar-refractivity contribution in [3.05, 3.63) is 29.6 Å². The fourth-order valence-electron chi connectivity index (χ4n) is 1.54. The fourth-order valence-corrected chi connectivity index (χ4v) is 1.54. The third-order valence-corrected chi connectivity index (χ3v) is 2.31. The Kier molecular flexibility index (Phi) is 1.75. The lowest BCUT2D eigenvalue weighted by Gasteiger charge is -2.22. The Balaban J connectivity index is 2.46. The van der Waals surface area contributed by atoms with Crippen molar-refractivity contribution in [3.63, 3.8) is 0 Å². The van der Waals surface area contributed by atoms with Crippen LogP contribution >= 0.6 is 0 Å². The second-order valence-corrected chi connectivity index (χ2v) is 3.22. The quantitative estimate of drug-likeness (QED) is 0.575. The topological polar surface area (TPSA) is 9.23 Å². The van der Waals surface area contributed by atoms with Gasteiger partial charge < -0.3 is 4.74 Å². The van der Waals surface area contributed by atoms with E-state index in [0.717, 1.165) is 12.0 Å². The standard InChI is InChI=1S/C10H11FO/c1-7-4-5-12-10-6-8(11)2-3-9(7)10/h2-3,6-7H,4-5H2,1H3/t7-/m0/s1. The van der Waals surface area contributed by atoms with Gasteiger partial charge in [0.15, 0.2) is 0 Å². The van der Waals surface area contributed by atoms with Gasteiger partial charge in [-0.1, -0.05) is 13.0 Å². The molecule has 1 atom stereocenters. The van der Waals surface area contributed by atoms with Gasteiger partial charge in [-0.05, 0) is 24.0 Å². The van der Waals surface area contributed by atoms with Crippen LogP contribution in [0.25, 0.3) is 0 Å². The number of benzene rings is 1. The maximum absolute atomic E-state index is 12.7. The highest BCUT2D eigenvalue weighted by Gasteiger charge is 2.17. The zero-order valence-electron chi connectivity index (χ0n) is 7.01. The average Bonchev–Trinajstić information content (AvgIpc) is 2.04. The molecular formula is C10H11FO. The van der Waals surface area contributed by atoms with Crippen LogP contribution < -0.4 is 4.74 Å². The van der Waals surface area contributed by atoms with Gasteiger partial charge in [-0.25, -0.2) is 4.39 Å². The highest BCUT2D eigenvalue weighted by molar-refractivity contribution is 5.37. The molecule has 0 spiro atoms. The van der Waals surface area contributed by atoms with Gasteiger partial charge in [0.05, 0.1) is 6.61 Å². The van der Waals surface area contributed by atoms with Gasteiger partial charge >= 0.3 is 0 Å². The Morgan fingerprint density at radius 3 is 3.17 bits per heavy atom. The molecule has 1 aliphatic rings. The second kappa shape index (κ2) is 2.77. The van der Waals surface area contributed by atoms with Crippen molar-refractivity contribution in [2.45, 2.75) is 19.3 Å². The first kappa shape index (κ1) is 7.59.